The third-order valence-corrected chi connectivity index (χ3v) is 7.70. The van der Waals surface area contributed by atoms with E-state index in [2.05, 4.69) is 12.2 Å². The number of carbonyl (C=O) groups is 2. The van der Waals surface area contributed by atoms with Crippen LogP contribution in [0.25, 0.3) is 0 Å². The van der Waals surface area contributed by atoms with Gasteiger partial charge in [0.05, 0.1) is 5.69 Å². The summed E-state index contributed by atoms with van der Waals surface area (Å²) in [6, 6.07) is 6.27. The Morgan fingerprint density at radius 2 is 1.68 bits per heavy atom. The van der Waals surface area contributed by atoms with Gasteiger partial charge in [-0.2, -0.15) is 0 Å². The normalized spacial score (nSPS) is 22.0. The Morgan fingerprint density at radius 1 is 1.00 bits per heavy atom. The summed E-state index contributed by atoms with van der Waals surface area (Å²) in [7, 11) is 0. The minimum Gasteiger partial charge on any atom is -0.366 e. The summed E-state index contributed by atoms with van der Waals surface area (Å²) in [5.41, 5.74) is 0.587. The monoisotopic (exact) mass is 473 g/mol. The summed E-state index contributed by atoms with van der Waals surface area (Å²) in [6.07, 6.45) is 10.6. The predicted octanol–water partition coefficient (Wildman–Crippen LogP) is 5.39. The lowest BCUT2D eigenvalue weighted by Gasteiger charge is -2.38. The second-order valence-corrected chi connectivity index (χ2v) is 10.6. The molecule has 2 amide bonds. The molecule has 1 N–H and O–H groups in total. The molecule has 1 saturated carbocycles. The molecule has 1 unspecified atom stereocenters. The summed E-state index contributed by atoms with van der Waals surface area (Å²) < 4.78 is 14.1. The molecule has 1 aromatic rings. The lowest BCUT2D eigenvalue weighted by Crippen LogP contribution is -2.57. The molecule has 2 fully saturated rings. The molecule has 190 valence electrons. The van der Waals surface area contributed by atoms with Crippen molar-refractivity contribution in [3.63, 3.8) is 0 Å². The topological polar surface area (TPSA) is 52.7 Å². The number of anilines is 1. The Bertz CT molecular complexity index is 784. The summed E-state index contributed by atoms with van der Waals surface area (Å²) in [5.74, 6) is 0.608. The Balaban J connectivity index is 1.47. The van der Waals surface area contributed by atoms with Gasteiger partial charge in [-0.25, -0.2) is 4.39 Å². The number of unbranched alkanes of at least 4 members (excludes halogenated alkanes) is 3. The minimum absolute atomic E-state index is 0.0128. The van der Waals surface area contributed by atoms with Crippen LogP contribution in [0.1, 0.15) is 78.6 Å². The zero-order chi connectivity index (χ0) is 24.5. The van der Waals surface area contributed by atoms with Crippen molar-refractivity contribution in [3.05, 3.63) is 30.1 Å². The van der Waals surface area contributed by atoms with Crippen LogP contribution in [0, 0.1) is 23.6 Å². The first-order chi connectivity index (χ1) is 16.4. The average molecular weight is 474 g/mol. The number of nitrogens with one attached hydrogen (secondary N) is 1. The van der Waals surface area contributed by atoms with Crippen molar-refractivity contribution < 1.29 is 14.0 Å². The highest BCUT2D eigenvalue weighted by Crippen LogP contribution is 2.32. The van der Waals surface area contributed by atoms with Gasteiger partial charge in [-0.05, 0) is 49.7 Å². The van der Waals surface area contributed by atoms with Crippen LogP contribution in [-0.4, -0.2) is 48.9 Å². The fourth-order valence-corrected chi connectivity index (χ4v) is 5.43. The van der Waals surface area contributed by atoms with E-state index in [9.17, 15) is 14.0 Å². The molecule has 0 radical (unpaired) electrons. The van der Waals surface area contributed by atoms with Gasteiger partial charge in [0.25, 0.3) is 0 Å². The van der Waals surface area contributed by atoms with Crippen LogP contribution in [0.3, 0.4) is 0 Å². The summed E-state index contributed by atoms with van der Waals surface area (Å²) in [6.45, 7) is 8.48. The van der Waals surface area contributed by atoms with Gasteiger partial charge in [0.2, 0.25) is 11.8 Å². The number of para-hydroxylation sites is 1. The quantitative estimate of drug-likeness (QED) is 0.464. The van der Waals surface area contributed by atoms with E-state index in [-0.39, 0.29) is 29.5 Å². The Labute approximate surface area is 205 Å². The molecule has 3 rings (SSSR count). The Kier molecular flexibility index (Phi) is 10.2. The molecule has 0 spiro atoms. The first-order valence-electron chi connectivity index (χ1n) is 13.5. The SMILES string of the molecule is CCCCCCC1CCC(C(=O)NC(C(=O)N2CCN(c3ccccc3F)CC2)C(C)C)CC1. The Hall–Kier alpha value is -2.11. The molecule has 5 nitrogen and oxygen atoms in total. The fraction of sp³-hybridized carbons (Fsp3) is 0.714. The van der Waals surface area contributed by atoms with Gasteiger partial charge in [-0.1, -0.05) is 65.0 Å². The number of amides is 2. The first-order valence-corrected chi connectivity index (χ1v) is 13.5. The summed E-state index contributed by atoms with van der Waals surface area (Å²) in [4.78, 5) is 30.2. The zero-order valence-electron chi connectivity index (χ0n) is 21.4. The van der Waals surface area contributed by atoms with Gasteiger partial charge in [0.15, 0.2) is 0 Å². The lowest BCUT2D eigenvalue weighted by atomic mass is 9.79. The number of piperazine rings is 1. The van der Waals surface area contributed by atoms with Crippen molar-refractivity contribution in [3.8, 4) is 0 Å². The highest BCUT2D eigenvalue weighted by Gasteiger charge is 2.34. The number of hydrogen-bond acceptors (Lipinski definition) is 3. The van der Waals surface area contributed by atoms with Gasteiger partial charge in [-0.15, -0.1) is 0 Å². The highest BCUT2D eigenvalue weighted by atomic mass is 19.1. The lowest BCUT2D eigenvalue weighted by molar-refractivity contribution is -0.139. The van der Waals surface area contributed by atoms with E-state index in [1.165, 1.54) is 38.2 Å². The summed E-state index contributed by atoms with van der Waals surface area (Å²) >= 11 is 0. The van der Waals surface area contributed by atoms with Crippen molar-refractivity contribution in [1.82, 2.24) is 10.2 Å². The standard InChI is InChI=1S/C28H44FN3O2/c1-4-5-6-7-10-22-13-15-23(16-14-22)27(33)30-26(21(2)3)28(34)32-19-17-31(18-20-32)25-12-9-8-11-24(25)29/h8-9,11-12,21-23,26H,4-7,10,13-20H2,1-3H3,(H,30,33). The van der Waals surface area contributed by atoms with Gasteiger partial charge in [0, 0.05) is 32.1 Å². The van der Waals surface area contributed by atoms with Crippen LogP contribution in [0.15, 0.2) is 24.3 Å². The smallest absolute Gasteiger partial charge is 0.245 e. The molecule has 1 atom stereocenters. The molecule has 1 aromatic carbocycles. The molecular weight excluding hydrogens is 429 g/mol. The maximum absolute atomic E-state index is 14.1. The maximum atomic E-state index is 14.1. The molecular formula is C28H44FN3O2. The van der Waals surface area contributed by atoms with E-state index >= 15 is 0 Å². The largest absolute Gasteiger partial charge is 0.366 e. The van der Waals surface area contributed by atoms with Crippen LogP contribution in [0.4, 0.5) is 10.1 Å². The van der Waals surface area contributed by atoms with Crippen LogP contribution in [0.2, 0.25) is 0 Å². The second-order valence-electron chi connectivity index (χ2n) is 10.6. The zero-order valence-corrected chi connectivity index (χ0v) is 21.4. The van der Waals surface area contributed by atoms with Crippen LogP contribution in [0.5, 0.6) is 0 Å². The van der Waals surface area contributed by atoms with E-state index in [0.717, 1.165) is 31.6 Å². The van der Waals surface area contributed by atoms with E-state index in [1.54, 1.807) is 12.1 Å². The molecule has 1 aliphatic carbocycles. The molecule has 6 heteroatoms. The average Bonchev–Trinajstić information content (AvgIpc) is 2.85. The van der Waals surface area contributed by atoms with Crippen LogP contribution < -0.4 is 10.2 Å². The maximum Gasteiger partial charge on any atom is 0.245 e. The van der Waals surface area contributed by atoms with E-state index < -0.39 is 6.04 Å². The number of nitrogens with zero attached hydrogens (tertiary/aromatic N) is 2. The fourth-order valence-electron chi connectivity index (χ4n) is 5.43. The van der Waals surface area contributed by atoms with Gasteiger partial charge in [0.1, 0.15) is 11.9 Å². The number of halogens is 1. The van der Waals surface area contributed by atoms with Crippen LogP contribution >= 0.6 is 0 Å². The number of hydrogen-bond donors (Lipinski definition) is 1. The first kappa shape index (κ1) is 26.5. The molecule has 1 aliphatic heterocycles. The van der Waals surface area contributed by atoms with Crippen molar-refractivity contribution in [2.24, 2.45) is 17.8 Å². The summed E-state index contributed by atoms with van der Waals surface area (Å²) in [5, 5.41) is 3.11. The van der Waals surface area contributed by atoms with E-state index in [1.807, 2.05) is 29.7 Å². The van der Waals surface area contributed by atoms with Gasteiger partial charge in [-0.3, -0.25) is 9.59 Å². The highest BCUT2D eigenvalue weighted by molar-refractivity contribution is 5.89. The van der Waals surface area contributed by atoms with E-state index in [0.29, 0.717) is 31.9 Å². The predicted molar refractivity (Wildman–Crippen MR) is 136 cm³/mol. The molecule has 0 bridgehead atoms. The van der Waals surface area contributed by atoms with Crippen LogP contribution in [-0.2, 0) is 9.59 Å². The van der Waals surface area contributed by atoms with Crippen molar-refractivity contribution in [1.29, 1.82) is 0 Å². The number of benzene rings is 1. The van der Waals surface area contributed by atoms with E-state index in [4.69, 9.17) is 0 Å². The molecule has 2 aliphatic rings. The molecule has 1 heterocycles. The molecule has 0 aromatic heterocycles. The number of rotatable bonds is 10. The van der Waals surface area contributed by atoms with Gasteiger partial charge >= 0.3 is 0 Å². The number of carbonyl (C=O) groups excluding carboxylic acids is 2. The minimum atomic E-state index is -0.501. The van der Waals surface area contributed by atoms with Gasteiger partial charge < -0.3 is 15.1 Å². The van der Waals surface area contributed by atoms with Crippen molar-refractivity contribution >= 4 is 17.5 Å². The van der Waals surface area contributed by atoms with Crippen molar-refractivity contribution in [2.75, 3.05) is 31.1 Å². The molecule has 34 heavy (non-hydrogen) atoms. The third kappa shape index (κ3) is 7.19. The molecule has 1 saturated heterocycles. The third-order valence-electron chi connectivity index (χ3n) is 7.70. The Morgan fingerprint density at radius 3 is 2.29 bits per heavy atom. The second kappa shape index (κ2) is 13.1. The van der Waals surface area contributed by atoms with Crippen molar-refractivity contribution in [2.45, 2.75) is 84.6 Å².